The maximum absolute atomic E-state index is 18.2. The zero-order chi connectivity index (χ0) is 68.9. The number of hydrogen-bond donors (Lipinski definition) is 10. The fraction of sp³-hybridized carbons (Fsp3) is 0.707. The molecule has 0 radical (unpaired) electrons. The minimum atomic E-state index is -2.11. The van der Waals surface area contributed by atoms with Crippen LogP contribution in [-0.2, 0) is 30.2 Å². The molecular weight excluding hydrogens is 1300 g/mol. The van der Waals surface area contributed by atoms with Crippen LogP contribution in [-0.4, -0.2) is 166 Å². The molecule has 10 fully saturated rings. The maximum Gasteiger partial charge on any atom is 0.235 e. The van der Waals surface area contributed by atoms with Crippen LogP contribution in [0.5, 0.6) is 5.75 Å². The number of benzene rings is 1. The van der Waals surface area contributed by atoms with Crippen LogP contribution in [0.3, 0.4) is 0 Å². The van der Waals surface area contributed by atoms with Gasteiger partial charge in [0.2, 0.25) is 5.91 Å². The first-order valence-electron chi connectivity index (χ1n) is 38.3. The van der Waals surface area contributed by atoms with Gasteiger partial charge in [0.15, 0.2) is 5.78 Å². The molecule has 9 aliphatic heterocycles. The summed E-state index contributed by atoms with van der Waals surface area (Å²) in [6.45, 7) is 7.84. The average molecular weight is 1400 g/mol. The van der Waals surface area contributed by atoms with E-state index in [4.69, 9.17) is 14.2 Å². The second-order valence-electron chi connectivity index (χ2n) is 36.7. The molecule has 534 valence electrons. The average Bonchev–Trinajstić information content (AvgIpc) is 1.40. The number of nitrogens with zero attached hydrogens (tertiary/aromatic N) is 1. The van der Waals surface area contributed by atoms with Gasteiger partial charge in [0.25, 0.3) is 0 Å². The summed E-state index contributed by atoms with van der Waals surface area (Å²) in [5.41, 5.74) is -13.4. The topological polar surface area (TPSA) is 262 Å². The van der Waals surface area contributed by atoms with Crippen molar-refractivity contribution in [3.05, 3.63) is 107 Å². The van der Waals surface area contributed by atoms with Gasteiger partial charge in [0, 0.05) is 80.5 Å². The van der Waals surface area contributed by atoms with Crippen molar-refractivity contribution in [3.63, 3.8) is 0 Å². The Labute approximate surface area is 594 Å². The number of amides is 1. The summed E-state index contributed by atoms with van der Waals surface area (Å²) in [6, 6.07) is 5.49. The summed E-state index contributed by atoms with van der Waals surface area (Å²) in [5.74, 6) is 6.12. The third-order valence-corrected chi connectivity index (χ3v) is 36.3. The van der Waals surface area contributed by atoms with Crippen LogP contribution in [0.2, 0.25) is 0 Å². The van der Waals surface area contributed by atoms with Crippen molar-refractivity contribution in [1.82, 2.24) is 5.32 Å². The van der Waals surface area contributed by atoms with Gasteiger partial charge in [-0.1, -0.05) is 129 Å². The van der Waals surface area contributed by atoms with Gasteiger partial charge in [-0.05, 0) is 190 Å². The number of piperidine rings is 1. The van der Waals surface area contributed by atoms with Gasteiger partial charge < -0.3 is 70.4 Å². The van der Waals surface area contributed by atoms with Crippen molar-refractivity contribution in [1.29, 1.82) is 0 Å². The number of aliphatic hydroxyl groups is 8. The quantitative estimate of drug-likeness (QED) is 0.0574. The minimum absolute atomic E-state index is 0.0126. The molecule has 1 aromatic rings. The first kappa shape index (κ1) is 65.6. The molecular formula is C82H100N2O14S2. The van der Waals surface area contributed by atoms with Crippen molar-refractivity contribution in [2.45, 2.75) is 213 Å². The number of rotatable bonds is 5. The number of aromatic hydroxyl groups is 1. The number of allylic oxidation sites excluding steroid dienone is 5. The van der Waals surface area contributed by atoms with Crippen LogP contribution in [0.4, 0.5) is 5.69 Å². The Hall–Kier alpha value is -3.88. The molecule has 29 atom stereocenters. The van der Waals surface area contributed by atoms with Gasteiger partial charge in [-0.25, -0.2) is 0 Å². The van der Waals surface area contributed by atoms with E-state index < -0.39 is 138 Å². The number of anilines is 1. The molecule has 10 N–H and O–H groups in total. The molecule has 6 spiro atoms. The molecule has 0 unspecified atom stereocenters. The van der Waals surface area contributed by atoms with Crippen molar-refractivity contribution >= 4 is 39.0 Å². The lowest BCUT2D eigenvalue weighted by atomic mass is 9.30. The van der Waals surface area contributed by atoms with E-state index in [0.29, 0.717) is 62.0 Å². The maximum atomic E-state index is 18.2. The third-order valence-electron chi connectivity index (χ3n) is 33.6. The zero-order valence-electron chi connectivity index (χ0n) is 58.1. The smallest absolute Gasteiger partial charge is 0.235 e. The highest BCUT2D eigenvalue weighted by Gasteiger charge is 2.89. The molecule has 21 aliphatic rings. The highest BCUT2D eigenvalue weighted by Crippen LogP contribution is 2.86. The van der Waals surface area contributed by atoms with Crippen molar-refractivity contribution in [2.75, 3.05) is 43.6 Å². The fourth-order valence-corrected chi connectivity index (χ4v) is 32.8. The molecule has 100 heavy (non-hydrogen) atoms. The summed E-state index contributed by atoms with van der Waals surface area (Å²) < 4.78 is 20.8. The first-order chi connectivity index (χ1) is 47.9. The van der Waals surface area contributed by atoms with Crippen LogP contribution >= 0.6 is 21.6 Å². The van der Waals surface area contributed by atoms with Gasteiger partial charge in [-0.2, -0.15) is 0 Å². The molecule has 4 saturated heterocycles. The summed E-state index contributed by atoms with van der Waals surface area (Å²) in [5, 5.41) is 124. The van der Waals surface area contributed by atoms with E-state index in [0.717, 1.165) is 54.0 Å². The van der Waals surface area contributed by atoms with Gasteiger partial charge >= 0.3 is 0 Å². The predicted octanol–water partition coefficient (Wildman–Crippen LogP) is 8.43. The largest absolute Gasteiger partial charge is 0.508 e. The molecule has 16 nitrogen and oxygen atoms in total. The summed E-state index contributed by atoms with van der Waals surface area (Å²) in [6.07, 6.45) is 25.9. The van der Waals surface area contributed by atoms with E-state index in [9.17, 15) is 40.9 Å². The number of hydrogen-bond acceptors (Lipinski definition) is 17. The van der Waals surface area contributed by atoms with Crippen LogP contribution in [0, 0.1) is 114 Å². The molecule has 0 aromatic heterocycles. The van der Waals surface area contributed by atoms with Crippen molar-refractivity contribution in [3.8, 4) is 17.6 Å². The van der Waals surface area contributed by atoms with E-state index >= 15 is 14.7 Å². The summed E-state index contributed by atoms with van der Waals surface area (Å²) in [7, 11) is 2.52. The number of carbonyl (C=O) groups excluding carboxylic acids is 2. The summed E-state index contributed by atoms with van der Waals surface area (Å²) in [4.78, 5) is 36.8. The highest BCUT2D eigenvalue weighted by atomic mass is 33.1. The van der Waals surface area contributed by atoms with Crippen LogP contribution in [0.1, 0.15) is 142 Å². The van der Waals surface area contributed by atoms with Crippen molar-refractivity contribution in [2.24, 2.45) is 102 Å². The van der Waals surface area contributed by atoms with Crippen molar-refractivity contribution < 1.29 is 69.8 Å². The SMILES string of the molecule is CC(C)[C@@H](C)[C@@H]1O[C@H]1[C@@]1(O)CC=C[C@]23C[C@H]4C5=CC(=O)[C@@]6(C[C@@H](O)[C@](O)(CO)C[C@]46C)[C@H](O)SSC[C@]46CC#CC7=C[C@@H]8CCCC[C@@]89N[C@@]7(C[C@H]7C=C8C=CCO[C@H]8C[C@H]79)[C@@H]7C[C@@H]8C=C9C=C[C@H](C4)C[C@]9(CO)[C@]64C(=O)N(C[C@@]84[C@H]7O)c4cc(O)cc(c4)CC[C@]24[C@@H]1CC[C@@]54OC[C@H]3O. The lowest BCUT2D eigenvalue weighted by Gasteiger charge is -2.73. The Bertz CT molecular complexity index is 4080. The second kappa shape index (κ2) is 21.0. The van der Waals surface area contributed by atoms with Gasteiger partial charge in [0.1, 0.15) is 28.5 Å². The molecule has 1 amide bonds. The van der Waals surface area contributed by atoms with E-state index in [-0.39, 0.29) is 129 Å². The number of ketones is 1. The Kier molecular flexibility index (Phi) is 13.8. The first-order valence-corrected chi connectivity index (χ1v) is 40.7. The van der Waals surface area contributed by atoms with E-state index in [1.807, 2.05) is 24.0 Å². The Balaban J connectivity index is 0.818. The Morgan fingerprint density at radius 2 is 1.73 bits per heavy atom. The Morgan fingerprint density at radius 1 is 0.880 bits per heavy atom. The molecule has 12 aliphatic carbocycles. The number of phenols is 1. The number of fused-ring (bicyclic) bond motifs is 5. The number of aryl methyl sites for hydroxylation is 1. The summed E-state index contributed by atoms with van der Waals surface area (Å²) >= 11 is 0. The van der Waals surface area contributed by atoms with Crippen LogP contribution in [0.15, 0.2) is 101 Å². The van der Waals surface area contributed by atoms with E-state index in [1.165, 1.54) is 16.4 Å². The van der Waals surface area contributed by atoms with E-state index in [2.05, 4.69) is 86.5 Å². The molecule has 1 aromatic carbocycles. The van der Waals surface area contributed by atoms with Crippen LogP contribution < -0.4 is 10.2 Å². The minimum Gasteiger partial charge on any atom is -0.508 e. The second-order valence-corrected chi connectivity index (χ2v) is 39.2. The molecule has 6 saturated carbocycles. The number of phenolic OH excluding ortho intramolecular Hbond substituents is 1. The molecule has 18 heteroatoms. The normalized spacial score (nSPS) is 54.4. The number of ether oxygens (including phenoxy) is 3. The molecule has 16 bridgehead atoms. The molecule has 9 heterocycles. The lowest BCUT2D eigenvalue weighted by molar-refractivity contribution is -0.301. The fourth-order valence-electron chi connectivity index (χ4n) is 29.6. The van der Waals surface area contributed by atoms with Gasteiger partial charge in [-0.3, -0.25) is 9.59 Å². The lowest BCUT2D eigenvalue weighted by Crippen LogP contribution is -2.78. The number of nitrogens with one attached hydrogen (secondary N) is 1. The zero-order valence-corrected chi connectivity index (χ0v) is 59.8. The monoisotopic (exact) mass is 1400 g/mol. The number of carbonyl (C=O) groups is 2. The highest BCUT2D eigenvalue weighted by molar-refractivity contribution is 8.76. The molecule has 22 rings (SSSR count). The predicted molar refractivity (Wildman–Crippen MR) is 376 cm³/mol. The number of epoxide rings is 1. The van der Waals surface area contributed by atoms with Gasteiger partial charge in [-0.15, -0.1) is 0 Å². The van der Waals surface area contributed by atoms with E-state index in [1.54, 1.807) is 18.2 Å². The van der Waals surface area contributed by atoms with Crippen LogP contribution in [0.25, 0.3) is 0 Å². The standard InChI is InChI=1S/C82H100N2O14S2/c1-44(2)45(3)65-67(98-65)79(95)20-9-18-72-36-59-57-32-62(88)75(37-63(89)74(94,42-86)39-70(59,75)4)69(93)100-99-43-71-17-7-12-52-28-51-11-5-6-19-77(51)56-31-60-48(10-8-23-96-60)26-49(56)35-78(52,83-77)58-29-53-27-50-14-13-47(33-71)34-73(50,41-85)82(71)68(92)84(40-76(53,82)66(58)91)54-24-46(25-55(87)30-54)15-21-80(72)61(79)16-22-81(57,80)97-38-64(72)90/h8-10,13-14,18,24-28,30,32,44-45,47,49,51,53,56,58-61,63-67,69,83,85-87,89-91,93-95H,5-6,11,15-17,19-23,29,31,33-43H2,1-4H3/t45-,47-,49-,51+,53+,56-,58-,59+,60+,61-,63-,64-,65+,66+,67-,69-,70-,71+,72-,73-,74-,75+,76+,77-,78-,79-,80+,81-,82+/m1/s1. The van der Waals surface area contributed by atoms with Gasteiger partial charge in [0.05, 0.1) is 78.9 Å². The number of aliphatic hydroxyl groups excluding tert-OH is 6. The third kappa shape index (κ3) is 7.31. The Morgan fingerprint density at radius 3 is 2.55 bits per heavy atom.